The van der Waals surface area contributed by atoms with Gasteiger partial charge in [-0.1, -0.05) is 42.5 Å². The molecule has 2 aromatic carbocycles. The number of nitrogens with zero attached hydrogens (tertiary/aromatic N) is 2. The molecule has 0 bridgehead atoms. The number of aromatic nitrogens is 2. The normalized spacial score (nSPS) is 10.7. The first-order chi connectivity index (χ1) is 11.8. The Morgan fingerprint density at radius 2 is 1.58 bits per heavy atom. The van der Waals surface area contributed by atoms with Gasteiger partial charge in [-0.2, -0.15) is 11.3 Å². The van der Waals surface area contributed by atoms with E-state index in [0.717, 1.165) is 22.4 Å². The first kappa shape index (κ1) is 14.6. The molecule has 2 aromatic heterocycles. The van der Waals surface area contributed by atoms with Gasteiger partial charge in [-0.3, -0.25) is 0 Å². The number of phenolic OH excluding ortho intramolecular Hbond substituents is 1. The van der Waals surface area contributed by atoms with E-state index in [1.54, 1.807) is 17.4 Å². The Labute approximate surface area is 143 Å². The van der Waals surface area contributed by atoms with Crippen LogP contribution >= 0.6 is 11.3 Å². The number of aromatic hydroxyl groups is 1. The molecule has 4 heteroatoms. The smallest absolute Gasteiger partial charge is 0.159 e. The molecule has 24 heavy (non-hydrogen) atoms. The third-order valence-electron chi connectivity index (χ3n) is 3.81. The van der Waals surface area contributed by atoms with E-state index >= 15 is 0 Å². The van der Waals surface area contributed by atoms with Gasteiger partial charge in [0.25, 0.3) is 0 Å². The molecule has 2 heterocycles. The molecule has 116 valence electrons. The van der Waals surface area contributed by atoms with Crippen molar-refractivity contribution in [2.24, 2.45) is 0 Å². The third kappa shape index (κ3) is 2.68. The van der Waals surface area contributed by atoms with Gasteiger partial charge in [-0.05, 0) is 34.5 Å². The van der Waals surface area contributed by atoms with Crippen LogP contribution in [0.15, 0.2) is 77.6 Å². The molecule has 0 unspecified atom stereocenters. The van der Waals surface area contributed by atoms with Gasteiger partial charge in [0, 0.05) is 22.9 Å². The highest BCUT2D eigenvalue weighted by molar-refractivity contribution is 7.08. The zero-order chi connectivity index (χ0) is 16.4. The summed E-state index contributed by atoms with van der Waals surface area (Å²) in [6.07, 6.45) is 1.83. The van der Waals surface area contributed by atoms with E-state index in [2.05, 4.69) is 10.4 Å². The Bertz CT molecular complexity index is 966. The number of para-hydroxylation sites is 1. The molecule has 4 rings (SSSR count). The van der Waals surface area contributed by atoms with Crippen LogP contribution in [0.1, 0.15) is 0 Å². The molecule has 0 spiro atoms. The van der Waals surface area contributed by atoms with Gasteiger partial charge in [0.2, 0.25) is 0 Å². The van der Waals surface area contributed by atoms with Crippen molar-refractivity contribution < 1.29 is 5.11 Å². The predicted molar refractivity (Wildman–Crippen MR) is 97.9 cm³/mol. The van der Waals surface area contributed by atoms with E-state index in [1.807, 2.05) is 66.2 Å². The van der Waals surface area contributed by atoms with Gasteiger partial charge >= 0.3 is 0 Å². The third-order valence-corrected chi connectivity index (χ3v) is 4.50. The number of hydrogen-bond donors (Lipinski definition) is 1. The van der Waals surface area contributed by atoms with E-state index < -0.39 is 0 Å². The molecule has 0 aliphatic rings. The van der Waals surface area contributed by atoms with Crippen molar-refractivity contribution in [1.82, 2.24) is 9.97 Å². The van der Waals surface area contributed by atoms with Crippen molar-refractivity contribution in [2.75, 3.05) is 0 Å². The topological polar surface area (TPSA) is 46.0 Å². The minimum atomic E-state index is 0.215. The number of phenols is 1. The lowest BCUT2D eigenvalue weighted by molar-refractivity contribution is 0.477. The highest BCUT2D eigenvalue weighted by atomic mass is 32.1. The summed E-state index contributed by atoms with van der Waals surface area (Å²) < 4.78 is 0. The summed E-state index contributed by atoms with van der Waals surface area (Å²) in [7, 11) is 0. The van der Waals surface area contributed by atoms with Gasteiger partial charge in [0.1, 0.15) is 5.75 Å². The minimum absolute atomic E-state index is 0.215. The molecule has 0 saturated carbocycles. The van der Waals surface area contributed by atoms with Crippen LogP contribution in [0.2, 0.25) is 0 Å². The Balaban J connectivity index is 1.95. The van der Waals surface area contributed by atoms with Crippen LogP contribution in [0.4, 0.5) is 0 Å². The fourth-order valence-electron chi connectivity index (χ4n) is 2.62. The molecule has 4 aromatic rings. The Hall–Kier alpha value is -2.98. The van der Waals surface area contributed by atoms with Crippen LogP contribution in [0, 0.1) is 0 Å². The fourth-order valence-corrected chi connectivity index (χ4v) is 3.27. The number of rotatable bonds is 3. The van der Waals surface area contributed by atoms with Crippen molar-refractivity contribution >= 4 is 11.3 Å². The quantitative estimate of drug-likeness (QED) is 0.558. The largest absolute Gasteiger partial charge is 0.507 e. The Morgan fingerprint density at radius 1 is 0.792 bits per heavy atom. The summed E-state index contributed by atoms with van der Waals surface area (Å²) in [5, 5.41) is 14.4. The molecular weight excluding hydrogens is 316 g/mol. The Morgan fingerprint density at radius 3 is 2.33 bits per heavy atom. The molecule has 3 nitrogen and oxygen atoms in total. The number of hydrogen-bond acceptors (Lipinski definition) is 4. The highest BCUT2D eigenvalue weighted by Gasteiger charge is 2.15. The molecular formula is C20H14N2OS. The first-order valence-corrected chi connectivity index (χ1v) is 8.50. The summed E-state index contributed by atoms with van der Waals surface area (Å²) in [4.78, 5) is 9.30. The lowest BCUT2D eigenvalue weighted by Gasteiger charge is -2.11. The van der Waals surface area contributed by atoms with E-state index in [1.165, 1.54) is 0 Å². The zero-order valence-electron chi connectivity index (χ0n) is 12.8. The van der Waals surface area contributed by atoms with Gasteiger partial charge in [0.15, 0.2) is 5.82 Å². The predicted octanol–water partition coefficient (Wildman–Crippen LogP) is 5.24. The average molecular weight is 330 g/mol. The van der Waals surface area contributed by atoms with E-state index in [9.17, 15) is 5.11 Å². The fraction of sp³-hybridized carbons (Fsp3) is 0. The maximum absolute atomic E-state index is 10.3. The molecule has 0 amide bonds. The second-order valence-corrected chi connectivity index (χ2v) is 6.13. The zero-order valence-corrected chi connectivity index (χ0v) is 13.6. The van der Waals surface area contributed by atoms with E-state index in [4.69, 9.17) is 4.98 Å². The van der Waals surface area contributed by atoms with Gasteiger partial charge in [-0.15, -0.1) is 0 Å². The van der Waals surface area contributed by atoms with E-state index in [0.29, 0.717) is 11.4 Å². The van der Waals surface area contributed by atoms with Crippen molar-refractivity contribution in [3.63, 3.8) is 0 Å². The monoisotopic (exact) mass is 330 g/mol. The summed E-state index contributed by atoms with van der Waals surface area (Å²) in [6, 6.07) is 19.2. The molecule has 0 fully saturated rings. The lowest BCUT2D eigenvalue weighted by atomic mass is 10.0. The van der Waals surface area contributed by atoms with Crippen LogP contribution in [0.5, 0.6) is 5.75 Å². The molecule has 0 saturated heterocycles. The van der Waals surface area contributed by atoms with Gasteiger partial charge in [0.05, 0.1) is 5.69 Å². The summed E-state index contributed by atoms with van der Waals surface area (Å²) in [5.74, 6) is 0.861. The van der Waals surface area contributed by atoms with Crippen LogP contribution in [-0.4, -0.2) is 15.1 Å². The summed E-state index contributed by atoms with van der Waals surface area (Å²) in [6.45, 7) is 0. The molecule has 1 N–H and O–H groups in total. The lowest BCUT2D eigenvalue weighted by Crippen LogP contribution is -1.95. The van der Waals surface area contributed by atoms with Crippen molar-refractivity contribution in [2.45, 2.75) is 0 Å². The summed E-state index contributed by atoms with van der Waals surface area (Å²) >= 11 is 1.63. The number of benzene rings is 2. The standard InChI is InChI=1S/C20H14N2OS/c23-18-9-5-4-8-16(18)19-17(15-10-11-24-13-15)12-21-20(22-19)14-6-2-1-3-7-14/h1-13,23H. The van der Waals surface area contributed by atoms with Crippen LogP contribution in [0.25, 0.3) is 33.8 Å². The number of thiophene rings is 1. The second kappa shape index (κ2) is 6.26. The minimum Gasteiger partial charge on any atom is -0.507 e. The maximum atomic E-state index is 10.3. The van der Waals surface area contributed by atoms with Crippen LogP contribution in [0.3, 0.4) is 0 Å². The molecule has 0 aliphatic carbocycles. The van der Waals surface area contributed by atoms with Crippen LogP contribution in [-0.2, 0) is 0 Å². The van der Waals surface area contributed by atoms with Crippen molar-refractivity contribution in [3.8, 4) is 39.5 Å². The van der Waals surface area contributed by atoms with Gasteiger partial charge < -0.3 is 5.11 Å². The van der Waals surface area contributed by atoms with Gasteiger partial charge in [-0.25, -0.2) is 9.97 Å². The van der Waals surface area contributed by atoms with Crippen LogP contribution < -0.4 is 0 Å². The van der Waals surface area contributed by atoms with Crippen molar-refractivity contribution in [3.05, 3.63) is 77.6 Å². The molecule has 0 aliphatic heterocycles. The Kier molecular flexibility index (Phi) is 3.81. The molecule has 0 atom stereocenters. The van der Waals surface area contributed by atoms with E-state index in [-0.39, 0.29) is 5.75 Å². The second-order valence-electron chi connectivity index (χ2n) is 5.35. The first-order valence-electron chi connectivity index (χ1n) is 7.56. The van der Waals surface area contributed by atoms with Crippen molar-refractivity contribution in [1.29, 1.82) is 0 Å². The highest BCUT2D eigenvalue weighted by Crippen LogP contribution is 2.36. The maximum Gasteiger partial charge on any atom is 0.159 e. The SMILES string of the molecule is Oc1ccccc1-c1nc(-c2ccccc2)ncc1-c1ccsc1. The average Bonchev–Trinajstić information content (AvgIpc) is 3.17. The summed E-state index contributed by atoms with van der Waals surface area (Å²) in [5.41, 5.74) is 4.36. The molecule has 0 radical (unpaired) electrons.